The molecule has 0 fully saturated rings. The zero-order chi connectivity index (χ0) is 9.56. The molecule has 0 aliphatic rings. The molecule has 0 aromatic carbocycles. The van der Waals surface area contributed by atoms with Crippen LogP contribution in [-0.2, 0) is 9.59 Å². The minimum absolute atomic E-state index is 0.334. The van der Waals surface area contributed by atoms with Crippen molar-refractivity contribution in [2.24, 2.45) is 5.73 Å². The van der Waals surface area contributed by atoms with Gasteiger partial charge in [0.05, 0.1) is 0 Å². The van der Waals surface area contributed by atoms with Gasteiger partial charge in [-0.2, -0.15) is 0 Å². The molecule has 4 N–H and O–H groups in total. The number of carboxylic acids is 1. The van der Waals surface area contributed by atoms with Crippen LogP contribution in [0.25, 0.3) is 0 Å². The lowest BCUT2D eigenvalue weighted by atomic mass is 10.1. The fraction of sp³-hybridized carbons (Fsp3) is 0.714. The van der Waals surface area contributed by atoms with E-state index in [1.54, 1.807) is 0 Å². The molecular weight excluding hydrogens is 160 g/mol. The van der Waals surface area contributed by atoms with Crippen molar-refractivity contribution < 1.29 is 14.7 Å². The number of hydrogen-bond donors (Lipinski definition) is 3. The van der Waals surface area contributed by atoms with Crippen LogP contribution in [0.3, 0.4) is 0 Å². The van der Waals surface area contributed by atoms with Crippen molar-refractivity contribution in [1.29, 1.82) is 0 Å². The van der Waals surface area contributed by atoms with Crippen LogP contribution in [0.4, 0.5) is 0 Å². The third-order valence-electron chi connectivity index (χ3n) is 1.37. The van der Waals surface area contributed by atoms with Crippen molar-refractivity contribution in [2.75, 3.05) is 6.54 Å². The SMILES string of the molecule is CC(=O)N[C@@H](CCCN)C(=O)O. The molecule has 5 heteroatoms. The molecule has 0 unspecified atom stereocenters. The van der Waals surface area contributed by atoms with Gasteiger partial charge in [0.2, 0.25) is 5.91 Å². The molecule has 0 spiro atoms. The Bertz CT molecular complexity index is 170. The fourth-order valence-corrected chi connectivity index (χ4v) is 0.825. The number of nitrogens with one attached hydrogen (secondary N) is 1. The second kappa shape index (κ2) is 5.54. The van der Waals surface area contributed by atoms with Crippen LogP contribution in [0.2, 0.25) is 0 Å². The van der Waals surface area contributed by atoms with E-state index in [1.807, 2.05) is 0 Å². The minimum atomic E-state index is -1.02. The van der Waals surface area contributed by atoms with Gasteiger partial charge in [0, 0.05) is 6.92 Å². The second-order valence-corrected chi connectivity index (χ2v) is 2.52. The van der Waals surface area contributed by atoms with Gasteiger partial charge in [-0.15, -0.1) is 0 Å². The van der Waals surface area contributed by atoms with Crippen molar-refractivity contribution >= 4 is 11.9 Å². The highest BCUT2D eigenvalue weighted by Gasteiger charge is 2.16. The molecule has 0 aromatic rings. The number of carboxylic acid groups (broad SMARTS) is 1. The van der Waals surface area contributed by atoms with E-state index in [0.717, 1.165) is 0 Å². The average molecular weight is 174 g/mol. The highest BCUT2D eigenvalue weighted by molar-refractivity contribution is 5.81. The Morgan fingerprint density at radius 2 is 2.17 bits per heavy atom. The van der Waals surface area contributed by atoms with Gasteiger partial charge < -0.3 is 16.2 Å². The van der Waals surface area contributed by atoms with Crippen LogP contribution in [0.1, 0.15) is 19.8 Å². The lowest BCUT2D eigenvalue weighted by molar-refractivity contribution is -0.141. The molecule has 0 aromatic heterocycles. The molecule has 0 aliphatic carbocycles. The maximum absolute atomic E-state index is 10.5. The Morgan fingerprint density at radius 3 is 2.50 bits per heavy atom. The summed E-state index contributed by atoms with van der Waals surface area (Å²) >= 11 is 0. The molecule has 0 heterocycles. The Hall–Kier alpha value is -1.10. The monoisotopic (exact) mass is 174 g/mol. The van der Waals surface area contributed by atoms with Crippen molar-refractivity contribution in [3.8, 4) is 0 Å². The molecule has 12 heavy (non-hydrogen) atoms. The smallest absolute Gasteiger partial charge is 0.326 e. The van der Waals surface area contributed by atoms with Crippen LogP contribution in [0.5, 0.6) is 0 Å². The van der Waals surface area contributed by atoms with Crippen LogP contribution < -0.4 is 11.1 Å². The normalized spacial score (nSPS) is 12.2. The van der Waals surface area contributed by atoms with Gasteiger partial charge in [0.1, 0.15) is 6.04 Å². The zero-order valence-corrected chi connectivity index (χ0v) is 7.04. The molecule has 70 valence electrons. The fourth-order valence-electron chi connectivity index (χ4n) is 0.825. The van der Waals surface area contributed by atoms with Gasteiger partial charge >= 0.3 is 5.97 Å². The first-order chi connectivity index (χ1) is 5.57. The van der Waals surface area contributed by atoms with Crippen molar-refractivity contribution in [1.82, 2.24) is 5.32 Å². The summed E-state index contributed by atoms with van der Waals surface area (Å²) in [7, 11) is 0. The Balaban J connectivity index is 3.87. The maximum atomic E-state index is 10.5. The van der Waals surface area contributed by atoms with E-state index in [9.17, 15) is 9.59 Å². The van der Waals surface area contributed by atoms with E-state index in [4.69, 9.17) is 10.8 Å². The van der Waals surface area contributed by atoms with Crippen molar-refractivity contribution in [3.05, 3.63) is 0 Å². The van der Waals surface area contributed by atoms with Gasteiger partial charge in [-0.25, -0.2) is 4.79 Å². The number of hydrogen-bond acceptors (Lipinski definition) is 3. The summed E-state index contributed by atoms with van der Waals surface area (Å²) in [4.78, 5) is 21.0. The minimum Gasteiger partial charge on any atom is -0.480 e. The summed E-state index contributed by atoms with van der Waals surface area (Å²) in [5.41, 5.74) is 5.20. The quantitative estimate of drug-likeness (QED) is 0.514. The third-order valence-corrected chi connectivity index (χ3v) is 1.37. The molecule has 1 atom stereocenters. The lowest BCUT2D eigenvalue weighted by Crippen LogP contribution is -2.39. The number of amides is 1. The Morgan fingerprint density at radius 1 is 1.58 bits per heavy atom. The van der Waals surface area contributed by atoms with E-state index in [-0.39, 0.29) is 5.91 Å². The van der Waals surface area contributed by atoms with Gasteiger partial charge in [0.15, 0.2) is 0 Å². The number of aliphatic carboxylic acids is 1. The van der Waals surface area contributed by atoms with Crippen molar-refractivity contribution in [3.63, 3.8) is 0 Å². The van der Waals surface area contributed by atoms with Crippen LogP contribution in [-0.4, -0.2) is 29.6 Å². The van der Waals surface area contributed by atoms with E-state index in [0.29, 0.717) is 19.4 Å². The predicted molar refractivity (Wildman–Crippen MR) is 43.5 cm³/mol. The molecule has 0 saturated carbocycles. The van der Waals surface area contributed by atoms with E-state index >= 15 is 0 Å². The van der Waals surface area contributed by atoms with Crippen LogP contribution >= 0.6 is 0 Å². The predicted octanol–water partition coefficient (Wildman–Crippen LogP) is -0.685. The first-order valence-corrected chi connectivity index (χ1v) is 3.78. The Kier molecular flexibility index (Phi) is 5.03. The summed E-state index contributed by atoms with van der Waals surface area (Å²) in [6, 6.07) is -0.800. The summed E-state index contributed by atoms with van der Waals surface area (Å²) in [5, 5.41) is 10.9. The van der Waals surface area contributed by atoms with Gasteiger partial charge in [-0.1, -0.05) is 0 Å². The average Bonchev–Trinajstić information content (AvgIpc) is 1.96. The molecule has 0 rings (SSSR count). The van der Waals surface area contributed by atoms with Gasteiger partial charge in [-0.05, 0) is 19.4 Å². The molecule has 0 aliphatic heterocycles. The topological polar surface area (TPSA) is 92.4 Å². The van der Waals surface area contributed by atoms with Crippen LogP contribution in [0.15, 0.2) is 0 Å². The third kappa shape index (κ3) is 4.68. The Labute approximate surface area is 70.9 Å². The number of carbonyl (C=O) groups excluding carboxylic acids is 1. The van der Waals surface area contributed by atoms with E-state index in [1.165, 1.54) is 6.92 Å². The zero-order valence-electron chi connectivity index (χ0n) is 7.04. The molecule has 0 bridgehead atoms. The van der Waals surface area contributed by atoms with Crippen molar-refractivity contribution in [2.45, 2.75) is 25.8 Å². The molecule has 5 nitrogen and oxygen atoms in total. The van der Waals surface area contributed by atoms with Gasteiger partial charge in [0.25, 0.3) is 0 Å². The molecule has 1 amide bonds. The molecular formula is C7H14N2O3. The standard InChI is InChI=1S/C7H14N2O3/c1-5(10)9-6(7(11)12)3-2-4-8/h6H,2-4,8H2,1H3,(H,9,10)(H,11,12)/t6-/m0/s1. The maximum Gasteiger partial charge on any atom is 0.326 e. The highest BCUT2D eigenvalue weighted by Crippen LogP contribution is 1.95. The summed E-state index contributed by atoms with van der Waals surface area (Å²) < 4.78 is 0. The number of carbonyl (C=O) groups is 2. The first-order valence-electron chi connectivity index (χ1n) is 3.78. The number of nitrogens with two attached hydrogens (primary N) is 1. The summed E-state index contributed by atoms with van der Waals surface area (Å²) in [6.07, 6.45) is 0.975. The highest BCUT2D eigenvalue weighted by atomic mass is 16.4. The first kappa shape index (κ1) is 10.9. The van der Waals surface area contributed by atoms with Gasteiger partial charge in [-0.3, -0.25) is 4.79 Å². The van der Waals surface area contributed by atoms with E-state index in [2.05, 4.69) is 5.32 Å². The molecule has 0 saturated heterocycles. The van der Waals surface area contributed by atoms with E-state index < -0.39 is 12.0 Å². The summed E-state index contributed by atoms with van der Waals surface area (Å²) in [6.45, 7) is 1.72. The summed E-state index contributed by atoms with van der Waals surface area (Å²) in [5.74, 6) is -1.35. The lowest BCUT2D eigenvalue weighted by Gasteiger charge is -2.11. The molecule has 0 radical (unpaired) electrons. The largest absolute Gasteiger partial charge is 0.480 e. The second-order valence-electron chi connectivity index (χ2n) is 2.52. The van der Waals surface area contributed by atoms with Crippen LogP contribution in [0, 0.1) is 0 Å². The number of rotatable bonds is 5.